The van der Waals surface area contributed by atoms with E-state index in [0.717, 1.165) is 5.56 Å². The van der Waals surface area contributed by atoms with Crippen molar-refractivity contribution >= 4 is 34.6 Å². The first-order chi connectivity index (χ1) is 7.52. The summed E-state index contributed by atoms with van der Waals surface area (Å²) in [5.41, 5.74) is 1.80. The number of benzene rings is 1. The SMILES string of the molecule is CN(C)c1c(CCl)ccc(CCl)c1[N+](=O)[O-]. The fourth-order valence-electron chi connectivity index (χ4n) is 1.58. The summed E-state index contributed by atoms with van der Waals surface area (Å²) in [6, 6.07) is 3.42. The number of nitrogens with zero attached hydrogens (tertiary/aromatic N) is 2. The standard InChI is InChI=1S/C10H12Cl2N2O2/c1-13(2)9-7(5-11)3-4-8(6-12)10(9)14(15)16/h3-4H,5-6H2,1-2H3. The van der Waals surface area contributed by atoms with Gasteiger partial charge in [-0.2, -0.15) is 0 Å². The molecule has 0 saturated carbocycles. The Bertz CT molecular complexity index is 408. The molecule has 6 heteroatoms. The minimum absolute atomic E-state index is 0.0400. The van der Waals surface area contributed by atoms with Crippen molar-refractivity contribution in [2.45, 2.75) is 11.8 Å². The molecule has 0 amide bonds. The van der Waals surface area contributed by atoms with E-state index in [1.54, 1.807) is 31.1 Å². The molecule has 0 bridgehead atoms. The van der Waals surface area contributed by atoms with Crippen molar-refractivity contribution in [3.8, 4) is 0 Å². The number of rotatable bonds is 4. The van der Waals surface area contributed by atoms with Gasteiger partial charge in [-0.3, -0.25) is 10.1 Å². The van der Waals surface area contributed by atoms with E-state index >= 15 is 0 Å². The van der Waals surface area contributed by atoms with Crippen molar-refractivity contribution in [2.75, 3.05) is 19.0 Å². The van der Waals surface area contributed by atoms with Crippen LogP contribution in [0.4, 0.5) is 11.4 Å². The first-order valence-electron chi connectivity index (χ1n) is 4.61. The molecule has 0 aromatic heterocycles. The second kappa shape index (κ2) is 5.37. The number of halogens is 2. The Labute approximate surface area is 104 Å². The van der Waals surface area contributed by atoms with Gasteiger partial charge in [0, 0.05) is 25.5 Å². The molecule has 0 atom stereocenters. The Morgan fingerprint density at radius 2 is 1.75 bits per heavy atom. The summed E-state index contributed by atoms with van der Waals surface area (Å²) in [7, 11) is 3.49. The minimum Gasteiger partial charge on any atom is -0.372 e. The lowest BCUT2D eigenvalue weighted by atomic mass is 10.1. The van der Waals surface area contributed by atoms with Crippen molar-refractivity contribution in [3.05, 3.63) is 33.4 Å². The van der Waals surface area contributed by atoms with Crippen molar-refractivity contribution in [3.63, 3.8) is 0 Å². The van der Waals surface area contributed by atoms with E-state index in [0.29, 0.717) is 11.3 Å². The van der Waals surface area contributed by atoms with Gasteiger partial charge in [-0.05, 0) is 5.56 Å². The summed E-state index contributed by atoms with van der Waals surface area (Å²) in [4.78, 5) is 12.3. The van der Waals surface area contributed by atoms with E-state index in [4.69, 9.17) is 23.2 Å². The largest absolute Gasteiger partial charge is 0.372 e. The van der Waals surface area contributed by atoms with E-state index < -0.39 is 4.92 Å². The molecule has 0 fully saturated rings. The molecule has 0 aliphatic heterocycles. The van der Waals surface area contributed by atoms with Gasteiger partial charge >= 0.3 is 0 Å². The van der Waals surface area contributed by atoms with Gasteiger partial charge in [0.2, 0.25) is 0 Å². The van der Waals surface area contributed by atoms with Gasteiger partial charge in [0.05, 0.1) is 10.8 Å². The van der Waals surface area contributed by atoms with Gasteiger partial charge in [0.15, 0.2) is 0 Å². The molecule has 0 saturated heterocycles. The summed E-state index contributed by atoms with van der Waals surface area (Å²) in [5.74, 6) is 0.344. The summed E-state index contributed by atoms with van der Waals surface area (Å²) < 4.78 is 0. The third-order valence-corrected chi connectivity index (χ3v) is 2.81. The highest BCUT2D eigenvalue weighted by Gasteiger charge is 2.23. The molecule has 1 rings (SSSR count). The van der Waals surface area contributed by atoms with Gasteiger partial charge in [0.25, 0.3) is 5.69 Å². The lowest BCUT2D eigenvalue weighted by Crippen LogP contribution is -2.14. The van der Waals surface area contributed by atoms with E-state index in [1.807, 2.05) is 0 Å². The normalized spacial score (nSPS) is 10.2. The van der Waals surface area contributed by atoms with Gasteiger partial charge in [-0.25, -0.2) is 0 Å². The number of nitro groups is 1. The van der Waals surface area contributed by atoms with Gasteiger partial charge in [-0.1, -0.05) is 12.1 Å². The quantitative estimate of drug-likeness (QED) is 0.476. The third kappa shape index (κ3) is 2.39. The van der Waals surface area contributed by atoms with Gasteiger partial charge in [0.1, 0.15) is 5.69 Å². The van der Waals surface area contributed by atoms with Crippen LogP contribution in [0.15, 0.2) is 12.1 Å². The van der Waals surface area contributed by atoms with Crippen molar-refractivity contribution in [1.82, 2.24) is 0 Å². The first kappa shape index (κ1) is 13.1. The molecule has 1 aromatic rings. The van der Waals surface area contributed by atoms with Gasteiger partial charge in [-0.15, -0.1) is 23.2 Å². The van der Waals surface area contributed by atoms with E-state index in [-0.39, 0.29) is 17.4 Å². The number of anilines is 1. The maximum absolute atomic E-state index is 11.1. The molecule has 0 spiro atoms. The number of nitro benzene ring substituents is 1. The first-order valence-corrected chi connectivity index (χ1v) is 5.68. The van der Waals surface area contributed by atoms with E-state index in [1.165, 1.54) is 0 Å². The average molecular weight is 263 g/mol. The number of hydrogen-bond donors (Lipinski definition) is 0. The van der Waals surface area contributed by atoms with Crippen LogP contribution < -0.4 is 4.90 Å². The fourth-order valence-corrected chi connectivity index (χ4v) is 2.01. The molecule has 0 heterocycles. The van der Waals surface area contributed by atoms with Crippen molar-refractivity contribution in [1.29, 1.82) is 0 Å². The molecular weight excluding hydrogens is 251 g/mol. The molecule has 0 radical (unpaired) electrons. The van der Waals surface area contributed by atoms with Gasteiger partial charge < -0.3 is 4.90 Å². The molecule has 16 heavy (non-hydrogen) atoms. The highest BCUT2D eigenvalue weighted by atomic mass is 35.5. The molecule has 88 valence electrons. The zero-order valence-corrected chi connectivity index (χ0v) is 10.5. The van der Waals surface area contributed by atoms with E-state index in [2.05, 4.69) is 0 Å². The predicted octanol–water partition coefficient (Wildman–Crippen LogP) is 3.14. The Morgan fingerprint density at radius 3 is 2.12 bits per heavy atom. The molecule has 0 N–H and O–H groups in total. The second-order valence-corrected chi connectivity index (χ2v) is 4.03. The lowest BCUT2D eigenvalue weighted by molar-refractivity contribution is -0.384. The van der Waals surface area contributed by atoms with Crippen LogP contribution in [0, 0.1) is 10.1 Å². The Kier molecular flexibility index (Phi) is 4.38. The van der Waals surface area contributed by atoms with Crippen LogP contribution in [-0.2, 0) is 11.8 Å². The molecule has 1 aromatic carbocycles. The molecule has 0 unspecified atom stereocenters. The van der Waals surface area contributed by atoms with Crippen LogP contribution in [0.1, 0.15) is 11.1 Å². The smallest absolute Gasteiger partial charge is 0.297 e. The molecule has 4 nitrogen and oxygen atoms in total. The van der Waals surface area contributed by atoms with E-state index in [9.17, 15) is 10.1 Å². The van der Waals surface area contributed by atoms with Crippen LogP contribution in [0.5, 0.6) is 0 Å². The molecule has 0 aliphatic rings. The van der Waals surface area contributed by atoms with Crippen LogP contribution in [-0.4, -0.2) is 19.0 Å². The highest BCUT2D eigenvalue weighted by molar-refractivity contribution is 6.18. The Hall–Kier alpha value is -1.00. The van der Waals surface area contributed by atoms with Crippen LogP contribution in [0.2, 0.25) is 0 Å². The van der Waals surface area contributed by atoms with Crippen LogP contribution >= 0.6 is 23.2 Å². The van der Waals surface area contributed by atoms with Crippen LogP contribution in [0.25, 0.3) is 0 Å². The predicted molar refractivity (Wildman–Crippen MR) is 66.5 cm³/mol. The Morgan fingerprint density at radius 1 is 1.25 bits per heavy atom. The zero-order chi connectivity index (χ0) is 12.3. The third-order valence-electron chi connectivity index (χ3n) is 2.24. The zero-order valence-electron chi connectivity index (χ0n) is 9.04. The summed E-state index contributed by atoms with van der Waals surface area (Å²) in [6.45, 7) is 0. The highest BCUT2D eigenvalue weighted by Crippen LogP contribution is 2.35. The average Bonchev–Trinajstić information content (AvgIpc) is 2.26. The molecular formula is C10H12Cl2N2O2. The maximum Gasteiger partial charge on any atom is 0.297 e. The van der Waals surface area contributed by atoms with Crippen molar-refractivity contribution < 1.29 is 4.92 Å². The molecule has 0 aliphatic carbocycles. The van der Waals surface area contributed by atoms with Crippen molar-refractivity contribution in [2.24, 2.45) is 0 Å². The fraction of sp³-hybridized carbons (Fsp3) is 0.400. The Balaban J connectivity index is 3.53. The summed E-state index contributed by atoms with van der Waals surface area (Å²) >= 11 is 11.5. The summed E-state index contributed by atoms with van der Waals surface area (Å²) in [5, 5.41) is 11.1. The topological polar surface area (TPSA) is 46.4 Å². The lowest BCUT2D eigenvalue weighted by Gasteiger charge is -2.17. The second-order valence-electron chi connectivity index (χ2n) is 3.50. The number of alkyl halides is 2. The van der Waals surface area contributed by atoms with Crippen LogP contribution in [0.3, 0.4) is 0 Å². The minimum atomic E-state index is -0.414. The number of hydrogen-bond acceptors (Lipinski definition) is 3. The maximum atomic E-state index is 11.1. The monoisotopic (exact) mass is 262 g/mol. The summed E-state index contributed by atoms with van der Waals surface area (Å²) in [6.07, 6.45) is 0.